The molecule has 0 aromatic carbocycles. The number of hydrogen-bond acceptors (Lipinski definition) is 7. The first-order chi connectivity index (χ1) is 33.1. The van der Waals surface area contributed by atoms with Gasteiger partial charge in [0, 0.05) is 12.8 Å². The zero-order valence-corrected chi connectivity index (χ0v) is 44.5. The summed E-state index contributed by atoms with van der Waals surface area (Å²) in [5, 5.41) is 9.69. The van der Waals surface area contributed by atoms with Crippen molar-refractivity contribution in [2.45, 2.75) is 238 Å². The zero-order chi connectivity index (χ0) is 49.9. The lowest BCUT2D eigenvalue weighted by atomic mass is 10.0. The van der Waals surface area contributed by atoms with Crippen LogP contribution in [0.3, 0.4) is 0 Å². The van der Waals surface area contributed by atoms with Gasteiger partial charge in [0.1, 0.15) is 13.2 Å². The van der Waals surface area contributed by atoms with Crippen molar-refractivity contribution in [1.29, 1.82) is 0 Å². The van der Waals surface area contributed by atoms with Gasteiger partial charge in [-0.1, -0.05) is 222 Å². The Morgan fingerprint density at radius 1 is 0.456 bits per heavy atom. The van der Waals surface area contributed by atoms with Crippen molar-refractivity contribution in [2.24, 2.45) is 0 Å². The molecule has 2 atom stereocenters. The molecule has 0 radical (unpaired) electrons. The van der Waals surface area contributed by atoms with Gasteiger partial charge in [-0.15, -0.1) is 0 Å². The number of likely N-dealkylation sites (N-methyl/N-ethyl adjacent to an activating group) is 1. The van der Waals surface area contributed by atoms with Crippen LogP contribution in [0.25, 0.3) is 0 Å². The minimum absolute atomic E-state index is 0.184. The lowest BCUT2D eigenvalue weighted by Crippen LogP contribution is -2.40. The third-order valence-electron chi connectivity index (χ3n) is 11.7. The van der Waals surface area contributed by atoms with Gasteiger partial charge in [0.25, 0.3) is 6.29 Å². The number of ether oxygens (including phenoxy) is 4. The molecular formula is C59H104NO8+. The maximum absolute atomic E-state index is 12.9. The summed E-state index contributed by atoms with van der Waals surface area (Å²) in [6, 6.07) is 0. The fraction of sp³-hybridized carbons (Fsp3) is 0.746. The van der Waals surface area contributed by atoms with E-state index in [0.717, 1.165) is 83.5 Å². The first kappa shape index (κ1) is 64.7. The van der Waals surface area contributed by atoms with Gasteiger partial charge in [-0.2, -0.15) is 0 Å². The summed E-state index contributed by atoms with van der Waals surface area (Å²) in [5.41, 5.74) is 0. The van der Waals surface area contributed by atoms with Gasteiger partial charge in [0.15, 0.2) is 6.10 Å². The zero-order valence-electron chi connectivity index (χ0n) is 44.5. The summed E-state index contributed by atoms with van der Waals surface area (Å²) in [5.74, 6) is -2.01. The first-order valence-corrected chi connectivity index (χ1v) is 27.6. The molecule has 0 spiro atoms. The maximum Gasteiger partial charge on any atom is 0.361 e. The van der Waals surface area contributed by atoms with Crippen LogP contribution < -0.4 is 0 Å². The Morgan fingerprint density at radius 2 is 0.838 bits per heavy atom. The number of hydrogen-bond donors (Lipinski definition) is 1. The molecule has 9 heteroatoms. The molecule has 0 saturated carbocycles. The predicted molar refractivity (Wildman–Crippen MR) is 286 cm³/mol. The second-order valence-corrected chi connectivity index (χ2v) is 19.5. The quantitative estimate of drug-likeness (QED) is 0.0211. The molecule has 0 aliphatic heterocycles. The molecule has 0 rings (SSSR count). The van der Waals surface area contributed by atoms with Crippen LogP contribution in [-0.4, -0.2) is 87.4 Å². The van der Waals surface area contributed by atoms with Crippen molar-refractivity contribution in [3.63, 3.8) is 0 Å². The van der Waals surface area contributed by atoms with Crippen LogP contribution >= 0.6 is 0 Å². The molecule has 0 aromatic heterocycles. The van der Waals surface area contributed by atoms with Crippen molar-refractivity contribution in [3.8, 4) is 0 Å². The van der Waals surface area contributed by atoms with Crippen LogP contribution in [0.5, 0.6) is 0 Å². The molecule has 0 bridgehead atoms. The molecule has 0 aliphatic carbocycles. The third-order valence-corrected chi connectivity index (χ3v) is 11.7. The SMILES string of the molecule is CC/C=C\C/C=C\C/C=C\C/C=C\C/C=C\C/C=C\CCCCCCCCCCC(=O)OC(COC(=O)CCCCCCCCCCCCCCCCCC)COC(OCC[N+](C)(C)C)C(=O)O. The van der Waals surface area contributed by atoms with Crippen LogP contribution in [0.4, 0.5) is 0 Å². The van der Waals surface area contributed by atoms with E-state index >= 15 is 0 Å². The molecule has 0 fully saturated rings. The van der Waals surface area contributed by atoms with Crippen molar-refractivity contribution in [2.75, 3.05) is 47.5 Å². The van der Waals surface area contributed by atoms with E-state index in [1.165, 1.54) is 109 Å². The molecule has 0 heterocycles. The number of quaternary nitrogens is 1. The Bertz CT molecular complexity index is 1340. The number of allylic oxidation sites excluding steroid dienone is 12. The molecule has 0 amide bonds. The monoisotopic (exact) mass is 955 g/mol. The molecule has 0 saturated heterocycles. The van der Waals surface area contributed by atoms with E-state index in [1.807, 2.05) is 21.1 Å². The molecule has 9 nitrogen and oxygen atoms in total. The average molecular weight is 955 g/mol. The fourth-order valence-electron chi connectivity index (χ4n) is 7.49. The van der Waals surface area contributed by atoms with Crippen LogP contribution in [0, 0.1) is 0 Å². The largest absolute Gasteiger partial charge is 0.477 e. The highest BCUT2D eigenvalue weighted by Crippen LogP contribution is 2.16. The molecule has 392 valence electrons. The second-order valence-electron chi connectivity index (χ2n) is 19.5. The van der Waals surface area contributed by atoms with Gasteiger partial charge < -0.3 is 28.5 Å². The number of unbranched alkanes of at least 4 members (excludes halogenated alkanes) is 23. The summed E-state index contributed by atoms with van der Waals surface area (Å²) in [6.07, 6.45) is 61.1. The number of rotatable bonds is 50. The number of carbonyl (C=O) groups is 3. The Kier molecular flexibility index (Phi) is 47.7. The number of carboxylic acids is 1. The minimum atomic E-state index is -1.51. The Balaban J connectivity index is 4.29. The summed E-state index contributed by atoms with van der Waals surface area (Å²) in [4.78, 5) is 37.3. The van der Waals surface area contributed by atoms with Gasteiger partial charge >= 0.3 is 17.9 Å². The maximum atomic E-state index is 12.9. The number of esters is 2. The molecule has 0 aromatic rings. The standard InChI is InChI=1S/C59H103NO8/c1-6-8-10-12-14-16-18-20-22-24-25-26-27-28-29-30-31-32-33-34-36-38-40-42-44-46-48-50-57(62)68-55(54-67-59(58(63)64)65-52-51-60(3,4)5)53-66-56(61)49-47-45-43-41-39-37-35-23-21-19-17-15-13-11-9-7-2/h8,10,14,16,20,22,25-26,28-29,31-32,55,59H,6-7,9,11-13,15,17-19,21,23-24,27,30,33-54H2,1-5H3/p+1/b10-8-,16-14-,22-20-,26-25-,29-28-,32-31-. The van der Waals surface area contributed by atoms with Crippen molar-refractivity contribution in [1.82, 2.24) is 0 Å². The van der Waals surface area contributed by atoms with Gasteiger partial charge in [-0.05, 0) is 64.2 Å². The van der Waals surface area contributed by atoms with E-state index in [9.17, 15) is 19.5 Å². The third kappa shape index (κ3) is 50.6. The second kappa shape index (κ2) is 50.1. The molecular weight excluding hydrogens is 851 g/mol. The Morgan fingerprint density at radius 3 is 1.25 bits per heavy atom. The van der Waals surface area contributed by atoms with Gasteiger partial charge in [0.05, 0.1) is 34.4 Å². The van der Waals surface area contributed by atoms with Crippen LogP contribution in [-0.2, 0) is 33.3 Å². The molecule has 0 aliphatic rings. The molecule has 2 unspecified atom stereocenters. The molecule has 68 heavy (non-hydrogen) atoms. The summed E-state index contributed by atoms with van der Waals surface area (Å²) < 4.78 is 22.8. The highest BCUT2D eigenvalue weighted by Gasteiger charge is 2.25. The Labute approximate surface area is 417 Å². The van der Waals surface area contributed by atoms with Crippen molar-refractivity contribution < 1.29 is 42.9 Å². The van der Waals surface area contributed by atoms with Crippen LogP contribution in [0.2, 0.25) is 0 Å². The average Bonchev–Trinajstić information content (AvgIpc) is 3.30. The summed E-state index contributed by atoms with van der Waals surface area (Å²) in [6.45, 7) is 4.76. The summed E-state index contributed by atoms with van der Waals surface area (Å²) >= 11 is 0. The van der Waals surface area contributed by atoms with E-state index < -0.39 is 24.3 Å². The summed E-state index contributed by atoms with van der Waals surface area (Å²) in [7, 11) is 5.96. The van der Waals surface area contributed by atoms with Gasteiger partial charge in [-0.3, -0.25) is 9.59 Å². The number of aliphatic carboxylic acids is 1. The van der Waals surface area contributed by atoms with Crippen LogP contribution in [0.1, 0.15) is 226 Å². The van der Waals surface area contributed by atoms with E-state index in [-0.39, 0.29) is 32.2 Å². The van der Waals surface area contributed by atoms with E-state index in [2.05, 4.69) is 86.8 Å². The van der Waals surface area contributed by atoms with Crippen LogP contribution in [0.15, 0.2) is 72.9 Å². The highest BCUT2D eigenvalue weighted by molar-refractivity contribution is 5.71. The van der Waals surface area contributed by atoms with Crippen molar-refractivity contribution >= 4 is 17.9 Å². The smallest absolute Gasteiger partial charge is 0.361 e. The highest BCUT2D eigenvalue weighted by atomic mass is 16.7. The van der Waals surface area contributed by atoms with E-state index in [1.54, 1.807) is 0 Å². The number of carboxylic acid groups (broad SMARTS) is 1. The number of nitrogens with zero attached hydrogens (tertiary/aromatic N) is 1. The predicted octanol–water partition coefficient (Wildman–Crippen LogP) is 15.8. The lowest BCUT2D eigenvalue weighted by Gasteiger charge is -2.25. The van der Waals surface area contributed by atoms with E-state index in [4.69, 9.17) is 18.9 Å². The minimum Gasteiger partial charge on any atom is -0.477 e. The molecule has 1 N–H and O–H groups in total. The Hall–Kier alpha value is -3.27. The fourth-order valence-corrected chi connectivity index (χ4v) is 7.49. The van der Waals surface area contributed by atoms with E-state index in [0.29, 0.717) is 23.9 Å². The lowest BCUT2D eigenvalue weighted by molar-refractivity contribution is -0.870. The van der Waals surface area contributed by atoms with Crippen molar-refractivity contribution in [3.05, 3.63) is 72.9 Å². The topological polar surface area (TPSA) is 108 Å². The van der Waals surface area contributed by atoms with Gasteiger partial charge in [0.2, 0.25) is 0 Å². The number of carbonyl (C=O) groups excluding carboxylic acids is 2. The normalized spacial score (nSPS) is 13.4. The first-order valence-electron chi connectivity index (χ1n) is 27.6. The van der Waals surface area contributed by atoms with Gasteiger partial charge in [-0.25, -0.2) is 4.79 Å².